The van der Waals surface area contributed by atoms with Gasteiger partial charge in [-0.25, -0.2) is 4.79 Å². The number of benzene rings is 2. The monoisotopic (exact) mass is 360 g/mol. The van der Waals surface area contributed by atoms with Crippen molar-refractivity contribution in [3.05, 3.63) is 67.6 Å². The van der Waals surface area contributed by atoms with Gasteiger partial charge in [0.15, 0.2) is 0 Å². The van der Waals surface area contributed by atoms with Crippen LogP contribution in [0.15, 0.2) is 41.2 Å². The second-order valence-electron chi connectivity index (χ2n) is 5.48. The quantitative estimate of drug-likeness (QED) is 0.573. The number of rotatable bonds is 3. The minimum atomic E-state index is -0.648. The first-order chi connectivity index (χ1) is 11.8. The molecule has 0 saturated heterocycles. The van der Waals surface area contributed by atoms with Gasteiger partial charge in [0.25, 0.3) is 11.6 Å². The molecule has 3 aromatic rings. The van der Waals surface area contributed by atoms with E-state index in [9.17, 15) is 19.7 Å². The van der Waals surface area contributed by atoms with Crippen molar-refractivity contribution < 1.29 is 9.72 Å². The van der Waals surface area contributed by atoms with Gasteiger partial charge in [0.2, 0.25) is 0 Å². The van der Waals surface area contributed by atoms with Crippen LogP contribution in [0.25, 0.3) is 11.0 Å². The van der Waals surface area contributed by atoms with Crippen molar-refractivity contribution in [3.8, 4) is 0 Å². The Morgan fingerprint density at radius 1 is 1.12 bits per heavy atom. The number of amides is 1. The lowest BCUT2D eigenvalue weighted by atomic mass is 10.2. The van der Waals surface area contributed by atoms with Gasteiger partial charge < -0.3 is 5.32 Å². The van der Waals surface area contributed by atoms with Crippen LogP contribution in [0.5, 0.6) is 0 Å². The molecule has 128 valence electrons. The Hall–Kier alpha value is -3.13. The van der Waals surface area contributed by atoms with Crippen LogP contribution in [0.3, 0.4) is 0 Å². The molecule has 9 heteroatoms. The summed E-state index contributed by atoms with van der Waals surface area (Å²) in [6.07, 6.45) is 0. The lowest BCUT2D eigenvalue weighted by molar-refractivity contribution is -0.384. The Kier molecular flexibility index (Phi) is 4.05. The van der Waals surface area contributed by atoms with Gasteiger partial charge in [0.05, 0.1) is 16.0 Å². The number of halogens is 1. The molecular formula is C16H13ClN4O4. The largest absolute Gasteiger partial charge is 0.328 e. The summed E-state index contributed by atoms with van der Waals surface area (Å²) in [6, 6.07) is 8.87. The van der Waals surface area contributed by atoms with Crippen molar-refractivity contribution in [2.75, 3.05) is 5.32 Å². The maximum atomic E-state index is 12.3. The molecule has 1 amide bonds. The Balaban J connectivity index is 1.95. The number of imidazole rings is 1. The standard InChI is InChI=1S/C16H13ClN4O4/c1-19-12-6-4-10(8-14(12)20(2)16(19)23)18-15(22)9-3-5-11(17)13(7-9)21(24)25/h3-8H,1-2H3,(H,18,22). The van der Waals surface area contributed by atoms with E-state index in [1.165, 1.54) is 21.3 Å². The zero-order valence-electron chi connectivity index (χ0n) is 13.3. The highest BCUT2D eigenvalue weighted by Gasteiger charge is 2.17. The van der Waals surface area contributed by atoms with Crippen LogP contribution in [-0.2, 0) is 14.1 Å². The summed E-state index contributed by atoms with van der Waals surface area (Å²) in [6.45, 7) is 0. The summed E-state index contributed by atoms with van der Waals surface area (Å²) in [5.74, 6) is -0.514. The lowest BCUT2D eigenvalue weighted by Crippen LogP contribution is -2.19. The first-order valence-electron chi connectivity index (χ1n) is 7.20. The smallest absolute Gasteiger partial charge is 0.322 e. The molecule has 8 nitrogen and oxygen atoms in total. The van der Waals surface area contributed by atoms with Crippen molar-refractivity contribution in [1.29, 1.82) is 0 Å². The Labute approximate surface area is 146 Å². The molecule has 1 aromatic heterocycles. The highest BCUT2D eigenvalue weighted by molar-refractivity contribution is 6.32. The van der Waals surface area contributed by atoms with E-state index >= 15 is 0 Å². The number of nitro groups is 1. The molecule has 0 unspecified atom stereocenters. The zero-order chi connectivity index (χ0) is 18.3. The lowest BCUT2D eigenvalue weighted by Gasteiger charge is -2.06. The van der Waals surface area contributed by atoms with E-state index < -0.39 is 10.8 Å². The van der Waals surface area contributed by atoms with E-state index in [-0.39, 0.29) is 22.0 Å². The minimum absolute atomic E-state index is 0.0396. The van der Waals surface area contributed by atoms with Gasteiger partial charge in [-0.2, -0.15) is 0 Å². The van der Waals surface area contributed by atoms with Gasteiger partial charge in [-0.1, -0.05) is 11.6 Å². The number of aryl methyl sites for hydroxylation is 2. The van der Waals surface area contributed by atoms with Gasteiger partial charge in [-0.3, -0.25) is 24.0 Å². The van der Waals surface area contributed by atoms with Crippen LogP contribution in [0, 0.1) is 10.1 Å². The first-order valence-corrected chi connectivity index (χ1v) is 7.58. The summed E-state index contributed by atoms with van der Waals surface area (Å²) in [4.78, 5) is 34.6. The number of nitro benzene ring substituents is 1. The third-order valence-electron chi connectivity index (χ3n) is 3.93. The summed E-state index contributed by atoms with van der Waals surface area (Å²) in [5, 5.41) is 13.6. The van der Waals surface area contributed by atoms with Gasteiger partial charge in [-0.15, -0.1) is 0 Å². The topological polar surface area (TPSA) is 99.2 Å². The number of fused-ring (bicyclic) bond motifs is 1. The maximum absolute atomic E-state index is 12.3. The van der Waals surface area contributed by atoms with Crippen molar-refractivity contribution in [3.63, 3.8) is 0 Å². The van der Waals surface area contributed by atoms with E-state index in [0.717, 1.165) is 11.6 Å². The molecule has 3 rings (SSSR count). The van der Waals surface area contributed by atoms with Crippen molar-refractivity contribution in [2.45, 2.75) is 0 Å². The van der Waals surface area contributed by atoms with E-state index in [4.69, 9.17) is 11.6 Å². The average Bonchev–Trinajstić information content (AvgIpc) is 2.79. The first kappa shape index (κ1) is 16.7. The number of carbonyl (C=O) groups excluding carboxylic acids is 1. The SMILES string of the molecule is Cn1c(=O)n(C)c2cc(NC(=O)c3ccc(Cl)c([N+](=O)[O-])c3)ccc21. The van der Waals surface area contributed by atoms with Crippen LogP contribution in [0.4, 0.5) is 11.4 Å². The number of carbonyl (C=O) groups is 1. The molecular weight excluding hydrogens is 348 g/mol. The molecule has 2 aromatic carbocycles. The van der Waals surface area contributed by atoms with E-state index in [1.807, 2.05) is 0 Å². The van der Waals surface area contributed by atoms with Crippen molar-refractivity contribution in [1.82, 2.24) is 9.13 Å². The number of hydrogen-bond acceptors (Lipinski definition) is 4. The third-order valence-corrected chi connectivity index (χ3v) is 4.25. The van der Waals surface area contributed by atoms with E-state index in [1.54, 1.807) is 32.3 Å². The Bertz CT molecular complexity index is 1080. The Morgan fingerprint density at radius 2 is 1.80 bits per heavy atom. The zero-order valence-corrected chi connectivity index (χ0v) is 14.1. The number of hydrogen-bond donors (Lipinski definition) is 1. The predicted octanol–water partition coefficient (Wildman–Crippen LogP) is 2.69. The summed E-state index contributed by atoms with van der Waals surface area (Å²) in [5.41, 5.74) is 1.46. The van der Waals surface area contributed by atoms with E-state index in [0.29, 0.717) is 11.2 Å². The highest BCUT2D eigenvalue weighted by atomic mass is 35.5. The molecule has 0 bridgehead atoms. The summed E-state index contributed by atoms with van der Waals surface area (Å²) in [7, 11) is 3.30. The summed E-state index contributed by atoms with van der Waals surface area (Å²) < 4.78 is 2.97. The number of aromatic nitrogens is 2. The average molecular weight is 361 g/mol. The molecule has 0 saturated carbocycles. The molecule has 0 aliphatic heterocycles. The molecule has 0 spiro atoms. The van der Waals surface area contributed by atoms with Gasteiger partial charge in [0, 0.05) is 31.4 Å². The minimum Gasteiger partial charge on any atom is -0.322 e. The van der Waals surface area contributed by atoms with Gasteiger partial charge >= 0.3 is 5.69 Å². The van der Waals surface area contributed by atoms with Crippen molar-refractivity contribution in [2.24, 2.45) is 14.1 Å². The molecule has 0 aliphatic rings. The van der Waals surface area contributed by atoms with Crippen LogP contribution < -0.4 is 11.0 Å². The Morgan fingerprint density at radius 3 is 2.48 bits per heavy atom. The fourth-order valence-electron chi connectivity index (χ4n) is 2.58. The second kappa shape index (κ2) is 6.06. The molecule has 1 heterocycles. The maximum Gasteiger partial charge on any atom is 0.328 e. The molecule has 1 N–H and O–H groups in total. The molecule has 25 heavy (non-hydrogen) atoms. The molecule has 0 aliphatic carbocycles. The predicted molar refractivity (Wildman–Crippen MR) is 94.2 cm³/mol. The number of nitrogens with zero attached hydrogens (tertiary/aromatic N) is 3. The number of nitrogens with one attached hydrogen (secondary N) is 1. The normalized spacial score (nSPS) is 10.8. The number of anilines is 1. The highest BCUT2D eigenvalue weighted by Crippen LogP contribution is 2.26. The second-order valence-corrected chi connectivity index (χ2v) is 5.89. The van der Waals surface area contributed by atoms with Crippen LogP contribution >= 0.6 is 11.6 Å². The van der Waals surface area contributed by atoms with Crippen LogP contribution in [0.2, 0.25) is 5.02 Å². The van der Waals surface area contributed by atoms with Crippen molar-refractivity contribution >= 4 is 39.9 Å². The molecule has 0 radical (unpaired) electrons. The third kappa shape index (κ3) is 2.87. The fraction of sp³-hybridized carbons (Fsp3) is 0.125. The van der Waals surface area contributed by atoms with Gasteiger partial charge in [0.1, 0.15) is 5.02 Å². The van der Waals surface area contributed by atoms with Gasteiger partial charge in [-0.05, 0) is 30.3 Å². The van der Waals surface area contributed by atoms with Crippen LogP contribution in [0.1, 0.15) is 10.4 Å². The molecule has 0 fully saturated rings. The fourth-order valence-corrected chi connectivity index (χ4v) is 2.77. The summed E-state index contributed by atoms with van der Waals surface area (Å²) >= 11 is 5.75. The van der Waals surface area contributed by atoms with E-state index in [2.05, 4.69) is 5.32 Å². The van der Waals surface area contributed by atoms with Crippen LogP contribution in [-0.4, -0.2) is 20.0 Å². The molecule has 0 atom stereocenters.